The minimum atomic E-state index is 0.0841. The number of hydrogen-bond donors (Lipinski definition) is 0. The maximum atomic E-state index is 12.8. The van der Waals surface area contributed by atoms with Gasteiger partial charge in [-0.1, -0.05) is 25.1 Å². The summed E-state index contributed by atoms with van der Waals surface area (Å²) in [5, 5.41) is 0. The molecule has 0 aliphatic carbocycles. The normalized spacial score (nSPS) is 19.5. The van der Waals surface area contributed by atoms with Crippen molar-refractivity contribution in [2.24, 2.45) is 5.92 Å². The minimum Gasteiger partial charge on any atom is -0.385 e. The van der Waals surface area contributed by atoms with Gasteiger partial charge < -0.3 is 9.64 Å². The van der Waals surface area contributed by atoms with E-state index in [4.69, 9.17) is 4.74 Å². The van der Waals surface area contributed by atoms with E-state index < -0.39 is 0 Å². The summed E-state index contributed by atoms with van der Waals surface area (Å²) in [6.07, 6.45) is 4.05. The van der Waals surface area contributed by atoms with Gasteiger partial charge in [0.05, 0.1) is 6.04 Å². The monoisotopic (exact) mass is 303 g/mol. The van der Waals surface area contributed by atoms with E-state index in [1.807, 2.05) is 0 Å². The third-order valence-electron chi connectivity index (χ3n) is 4.95. The van der Waals surface area contributed by atoms with Crippen LogP contribution in [0.4, 0.5) is 0 Å². The number of ether oxygens (including phenoxy) is 1. The van der Waals surface area contributed by atoms with Crippen molar-refractivity contribution in [2.45, 2.75) is 52.5 Å². The molecule has 0 aromatic heterocycles. The fraction of sp³-hybridized carbons (Fsp3) is 0.632. The van der Waals surface area contributed by atoms with Crippen molar-refractivity contribution in [3.8, 4) is 0 Å². The Morgan fingerprint density at radius 3 is 2.91 bits per heavy atom. The summed E-state index contributed by atoms with van der Waals surface area (Å²) in [5.41, 5.74) is 3.97. The molecular formula is C19H29NO2. The van der Waals surface area contributed by atoms with Crippen LogP contribution in [0.25, 0.3) is 0 Å². The second-order valence-electron chi connectivity index (χ2n) is 6.51. The number of methoxy groups -OCH3 is 1. The number of likely N-dealkylation sites (tertiary alicyclic amines) is 1. The summed E-state index contributed by atoms with van der Waals surface area (Å²) in [5.74, 6) is 0.389. The first-order valence-electron chi connectivity index (χ1n) is 8.41. The molecule has 0 N–H and O–H groups in total. The lowest BCUT2D eigenvalue weighted by Crippen LogP contribution is -2.35. The smallest absolute Gasteiger partial charge is 0.225 e. The van der Waals surface area contributed by atoms with E-state index in [0.717, 1.165) is 38.8 Å². The quantitative estimate of drug-likeness (QED) is 0.743. The SMILES string of the molecule is COCCCC(C)C(=O)N1CCCC1c1cccc(C)c1C. The third kappa shape index (κ3) is 3.70. The molecule has 1 aliphatic rings. The lowest BCUT2D eigenvalue weighted by atomic mass is 9.95. The van der Waals surface area contributed by atoms with Gasteiger partial charge in [0, 0.05) is 26.2 Å². The molecule has 2 unspecified atom stereocenters. The maximum Gasteiger partial charge on any atom is 0.225 e. The first-order valence-corrected chi connectivity index (χ1v) is 8.41. The number of aryl methyl sites for hydroxylation is 1. The summed E-state index contributed by atoms with van der Waals surface area (Å²) in [6, 6.07) is 6.71. The van der Waals surface area contributed by atoms with E-state index >= 15 is 0 Å². The van der Waals surface area contributed by atoms with E-state index in [1.165, 1.54) is 16.7 Å². The molecule has 0 radical (unpaired) electrons. The molecule has 1 saturated heterocycles. The summed E-state index contributed by atoms with van der Waals surface area (Å²) in [6.45, 7) is 8.00. The van der Waals surface area contributed by atoms with Crippen molar-refractivity contribution < 1.29 is 9.53 Å². The van der Waals surface area contributed by atoms with Gasteiger partial charge in [-0.25, -0.2) is 0 Å². The Labute approximate surface area is 134 Å². The van der Waals surface area contributed by atoms with Crippen LogP contribution in [0.1, 0.15) is 55.3 Å². The molecule has 2 rings (SSSR count). The van der Waals surface area contributed by atoms with Gasteiger partial charge in [-0.2, -0.15) is 0 Å². The van der Waals surface area contributed by atoms with Crippen molar-refractivity contribution in [2.75, 3.05) is 20.3 Å². The Kier molecular flexibility index (Phi) is 6.01. The van der Waals surface area contributed by atoms with Crippen LogP contribution in [-0.2, 0) is 9.53 Å². The van der Waals surface area contributed by atoms with Gasteiger partial charge in [-0.05, 0) is 56.2 Å². The zero-order valence-electron chi connectivity index (χ0n) is 14.4. The third-order valence-corrected chi connectivity index (χ3v) is 4.95. The van der Waals surface area contributed by atoms with E-state index in [9.17, 15) is 4.79 Å². The van der Waals surface area contributed by atoms with Gasteiger partial charge in [0.15, 0.2) is 0 Å². The first kappa shape index (κ1) is 17.0. The lowest BCUT2D eigenvalue weighted by molar-refractivity contribution is -0.136. The second kappa shape index (κ2) is 7.77. The standard InChI is InChI=1S/C19H29NO2/c1-14-8-5-10-17(16(14)3)18-11-6-12-20(18)19(21)15(2)9-7-13-22-4/h5,8,10,15,18H,6-7,9,11-13H2,1-4H3. The Morgan fingerprint density at radius 1 is 1.41 bits per heavy atom. The highest BCUT2D eigenvalue weighted by atomic mass is 16.5. The Balaban J connectivity index is 2.10. The number of rotatable bonds is 6. The van der Waals surface area contributed by atoms with Crippen LogP contribution in [-0.4, -0.2) is 31.1 Å². The Hall–Kier alpha value is -1.35. The number of benzene rings is 1. The molecule has 2 atom stereocenters. The fourth-order valence-electron chi connectivity index (χ4n) is 3.43. The Bertz CT molecular complexity index is 512. The number of hydrogen-bond acceptors (Lipinski definition) is 2. The van der Waals surface area contributed by atoms with Crippen molar-refractivity contribution in [3.05, 3.63) is 34.9 Å². The average Bonchev–Trinajstić information content (AvgIpc) is 2.98. The molecular weight excluding hydrogens is 274 g/mol. The predicted molar refractivity (Wildman–Crippen MR) is 89.9 cm³/mol. The number of carbonyl (C=O) groups excluding carboxylic acids is 1. The highest BCUT2D eigenvalue weighted by Gasteiger charge is 2.32. The van der Waals surface area contributed by atoms with Gasteiger partial charge in [0.2, 0.25) is 5.91 Å². The van der Waals surface area contributed by atoms with Gasteiger partial charge in [0.1, 0.15) is 0 Å². The van der Waals surface area contributed by atoms with Crippen molar-refractivity contribution in [3.63, 3.8) is 0 Å². The highest BCUT2D eigenvalue weighted by Crippen LogP contribution is 2.35. The first-order chi connectivity index (χ1) is 10.6. The summed E-state index contributed by atoms with van der Waals surface area (Å²) in [4.78, 5) is 14.9. The molecule has 3 heteroatoms. The molecule has 1 fully saturated rings. The molecule has 1 amide bonds. The van der Waals surface area contributed by atoms with E-state index in [0.29, 0.717) is 5.91 Å². The molecule has 0 spiro atoms. The number of carbonyl (C=O) groups is 1. The van der Waals surface area contributed by atoms with Crippen LogP contribution in [0.15, 0.2) is 18.2 Å². The van der Waals surface area contributed by atoms with Crippen LogP contribution in [0.5, 0.6) is 0 Å². The Morgan fingerprint density at radius 2 is 2.18 bits per heavy atom. The van der Waals surface area contributed by atoms with Crippen LogP contribution in [0.3, 0.4) is 0 Å². The molecule has 1 aromatic carbocycles. The van der Waals surface area contributed by atoms with Crippen LogP contribution in [0.2, 0.25) is 0 Å². The van der Waals surface area contributed by atoms with Crippen LogP contribution >= 0.6 is 0 Å². The van der Waals surface area contributed by atoms with Gasteiger partial charge in [-0.3, -0.25) is 4.79 Å². The summed E-state index contributed by atoms with van der Waals surface area (Å²) < 4.78 is 5.09. The summed E-state index contributed by atoms with van der Waals surface area (Å²) in [7, 11) is 1.71. The number of amides is 1. The van der Waals surface area contributed by atoms with E-state index in [-0.39, 0.29) is 12.0 Å². The molecule has 22 heavy (non-hydrogen) atoms. The average molecular weight is 303 g/mol. The number of nitrogens with zero attached hydrogens (tertiary/aromatic N) is 1. The molecule has 3 nitrogen and oxygen atoms in total. The van der Waals surface area contributed by atoms with Crippen LogP contribution < -0.4 is 0 Å². The van der Waals surface area contributed by atoms with E-state index in [2.05, 4.69) is 43.9 Å². The molecule has 122 valence electrons. The maximum absolute atomic E-state index is 12.8. The van der Waals surface area contributed by atoms with Crippen molar-refractivity contribution in [1.82, 2.24) is 4.90 Å². The predicted octanol–water partition coefficient (Wildman–Crippen LogP) is 4.03. The lowest BCUT2D eigenvalue weighted by Gasteiger charge is -2.29. The van der Waals surface area contributed by atoms with E-state index in [1.54, 1.807) is 7.11 Å². The molecule has 1 heterocycles. The van der Waals surface area contributed by atoms with Gasteiger partial charge >= 0.3 is 0 Å². The second-order valence-corrected chi connectivity index (χ2v) is 6.51. The van der Waals surface area contributed by atoms with Crippen molar-refractivity contribution >= 4 is 5.91 Å². The largest absolute Gasteiger partial charge is 0.385 e. The van der Waals surface area contributed by atoms with Crippen LogP contribution in [0, 0.1) is 19.8 Å². The molecule has 1 aliphatic heterocycles. The molecule has 0 bridgehead atoms. The van der Waals surface area contributed by atoms with Crippen molar-refractivity contribution in [1.29, 1.82) is 0 Å². The van der Waals surface area contributed by atoms with Gasteiger partial charge in [-0.15, -0.1) is 0 Å². The zero-order chi connectivity index (χ0) is 16.1. The topological polar surface area (TPSA) is 29.5 Å². The molecule has 0 saturated carbocycles. The highest BCUT2D eigenvalue weighted by molar-refractivity contribution is 5.79. The summed E-state index contributed by atoms with van der Waals surface area (Å²) >= 11 is 0. The minimum absolute atomic E-state index is 0.0841. The zero-order valence-corrected chi connectivity index (χ0v) is 14.4. The fourth-order valence-corrected chi connectivity index (χ4v) is 3.43. The van der Waals surface area contributed by atoms with Gasteiger partial charge in [0.25, 0.3) is 0 Å². The molecule has 1 aromatic rings.